The second-order valence-electron chi connectivity index (χ2n) is 7.53. The number of ether oxygens (including phenoxy) is 1. The van der Waals surface area contributed by atoms with Crippen LogP contribution >= 0.6 is 0 Å². The van der Waals surface area contributed by atoms with Crippen molar-refractivity contribution in [1.82, 2.24) is 4.90 Å². The fraction of sp³-hybridized carbons (Fsp3) is 0.571. The third kappa shape index (κ3) is 4.75. The number of benzene rings is 1. The highest BCUT2D eigenvalue weighted by atomic mass is 16.5. The Morgan fingerprint density at radius 1 is 1.19 bits per heavy atom. The lowest BCUT2D eigenvalue weighted by molar-refractivity contribution is -0.149. The Labute approximate surface area is 159 Å². The monoisotopic (exact) mass is 373 g/mol. The van der Waals surface area contributed by atoms with E-state index in [4.69, 9.17) is 4.74 Å². The van der Waals surface area contributed by atoms with E-state index >= 15 is 0 Å². The van der Waals surface area contributed by atoms with Crippen LogP contribution in [0, 0.1) is 5.92 Å². The molecule has 146 valence electrons. The van der Waals surface area contributed by atoms with E-state index in [1.54, 1.807) is 6.92 Å². The van der Waals surface area contributed by atoms with Crippen LogP contribution in [-0.2, 0) is 25.5 Å². The third-order valence-corrected chi connectivity index (χ3v) is 5.66. The summed E-state index contributed by atoms with van der Waals surface area (Å²) in [5.41, 5.74) is 2.03. The van der Waals surface area contributed by atoms with Crippen LogP contribution in [0.2, 0.25) is 0 Å². The highest BCUT2D eigenvalue weighted by Crippen LogP contribution is 2.29. The maximum absolute atomic E-state index is 12.2. The Bertz CT molecular complexity index is 683. The number of carbonyl (C=O) groups is 3. The van der Waals surface area contributed by atoms with Gasteiger partial charge in [-0.2, -0.15) is 0 Å². The van der Waals surface area contributed by atoms with Crippen molar-refractivity contribution in [3.05, 3.63) is 35.4 Å². The summed E-state index contributed by atoms with van der Waals surface area (Å²) < 4.78 is 5.25. The summed E-state index contributed by atoms with van der Waals surface area (Å²) in [4.78, 5) is 36.5. The van der Waals surface area contributed by atoms with Crippen LogP contribution in [0.25, 0.3) is 0 Å². The molecular formula is C21H27NO5. The lowest BCUT2D eigenvalue weighted by Crippen LogP contribution is -2.33. The summed E-state index contributed by atoms with van der Waals surface area (Å²) in [6.07, 6.45) is 4.18. The topological polar surface area (TPSA) is 83.9 Å². The number of imide groups is 1. The second kappa shape index (κ2) is 8.65. The summed E-state index contributed by atoms with van der Waals surface area (Å²) in [5.74, 6) is -0.859. The highest BCUT2D eigenvalue weighted by Gasteiger charge is 2.29. The van der Waals surface area contributed by atoms with E-state index in [0.717, 1.165) is 41.7 Å². The average Bonchev–Trinajstić information content (AvgIpc) is 3.21. The molecule has 1 aromatic carbocycles. The molecule has 6 heteroatoms. The van der Waals surface area contributed by atoms with E-state index in [2.05, 4.69) is 0 Å². The molecule has 1 heterocycles. The molecule has 3 rings (SSSR count). The number of esters is 1. The van der Waals surface area contributed by atoms with Gasteiger partial charge in [0, 0.05) is 12.8 Å². The smallest absolute Gasteiger partial charge is 0.313 e. The molecule has 2 fully saturated rings. The van der Waals surface area contributed by atoms with Crippen molar-refractivity contribution in [2.75, 3.05) is 13.2 Å². The summed E-state index contributed by atoms with van der Waals surface area (Å²) >= 11 is 0. The number of hydrogen-bond acceptors (Lipinski definition) is 5. The van der Waals surface area contributed by atoms with Crippen LogP contribution in [-0.4, -0.2) is 47.0 Å². The number of carbonyl (C=O) groups excluding carboxylic acids is 3. The molecule has 1 aromatic rings. The minimum absolute atomic E-state index is 0.0261. The van der Waals surface area contributed by atoms with Gasteiger partial charge in [-0.3, -0.25) is 19.3 Å². The van der Waals surface area contributed by atoms with Gasteiger partial charge in [-0.1, -0.05) is 30.7 Å². The highest BCUT2D eigenvalue weighted by molar-refractivity contribution is 6.01. The molecule has 2 amide bonds. The van der Waals surface area contributed by atoms with E-state index in [1.165, 1.54) is 0 Å². The Kier molecular flexibility index (Phi) is 6.26. The van der Waals surface area contributed by atoms with Crippen molar-refractivity contribution in [1.29, 1.82) is 0 Å². The van der Waals surface area contributed by atoms with Gasteiger partial charge in [-0.05, 0) is 43.2 Å². The maximum atomic E-state index is 12.2. The summed E-state index contributed by atoms with van der Waals surface area (Å²) in [7, 11) is 0. The molecular weight excluding hydrogens is 346 g/mol. The van der Waals surface area contributed by atoms with Gasteiger partial charge in [0.15, 0.2) is 0 Å². The molecule has 3 atom stereocenters. The Morgan fingerprint density at radius 3 is 2.44 bits per heavy atom. The first-order valence-electron chi connectivity index (χ1n) is 9.72. The molecule has 2 aliphatic rings. The first-order valence-corrected chi connectivity index (χ1v) is 9.72. The van der Waals surface area contributed by atoms with Crippen LogP contribution in [0.5, 0.6) is 0 Å². The lowest BCUT2D eigenvalue weighted by atomic mass is 9.94. The second-order valence-corrected chi connectivity index (χ2v) is 7.53. The number of hydrogen-bond donors (Lipinski definition) is 1. The van der Waals surface area contributed by atoms with Crippen LogP contribution < -0.4 is 0 Å². The van der Waals surface area contributed by atoms with Crippen molar-refractivity contribution in [3.63, 3.8) is 0 Å². The Balaban J connectivity index is 1.47. The zero-order valence-corrected chi connectivity index (χ0v) is 15.7. The molecule has 1 aliphatic carbocycles. The molecule has 0 aromatic heterocycles. The van der Waals surface area contributed by atoms with Gasteiger partial charge in [-0.25, -0.2) is 0 Å². The van der Waals surface area contributed by atoms with Crippen molar-refractivity contribution in [2.24, 2.45) is 5.92 Å². The lowest BCUT2D eigenvalue weighted by Gasteiger charge is -2.17. The predicted molar refractivity (Wildman–Crippen MR) is 98.8 cm³/mol. The quantitative estimate of drug-likeness (QED) is 0.585. The molecule has 27 heavy (non-hydrogen) atoms. The standard InChI is InChI=1S/C21H27NO5/c1-14(21(26)27-12-11-22-19(24)9-10-20(22)25)16-7-5-15(6-8-16)13-17-3-2-4-18(17)23/h5-8,14,17-18,23H,2-4,9-13H2,1H3/t14-,17+,18-/m0/s1. The summed E-state index contributed by atoms with van der Waals surface area (Å²) in [5, 5.41) is 9.95. The Hall–Kier alpha value is -2.21. The van der Waals surface area contributed by atoms with Gasteiger partial charge in [0.2, 0.25) is 11.8 Å². The van der Waals surface area contributed by atoms with Gasteiger partial charge < -0.3 is 9.84 Å². The predicted octanol–water partition coefficient (Wildman–Crippen LogP) is 2.19. The van der Waals surface area contributed by atoms with Gasteiger partial charge in [0.05, 0.1) is 18.6 Å². The normalized spacial score (nSPS) is 23.7. The third-order valence-electron chi connectivity index (χ3n) is 5.66. The van der Waals surface area contributed by atoms with E-state index in [9.17, 15) is 19.5 Å². The summed E-state index contributed by atoms with van der Waals surface area (Å²) in [6, 6.07) is 7.86. The van der Waals surface area contributed by atoms with E-state index in [1.807, 2.05) is 24.3 Å². The van der Waals surface area contributed by atoms with Crippen LogP contribution in [0.1, 0.15) is 56.1 Å². The molecule has 1 saturated carbocycles. The number of rotatable bonds is 7. The maximum Gasteiger partial charge on any atom is 0.313 e. The largest absolute Gasteiger partial charge is 0.463 e. The number of likely N-dealkylation sites (tertiary alicyclic amines) is 1. The minimum atomic E-state index is -0.416. The minimum Gasteiger partial charge on any atom is -0.463 e. The van der Waals surface area contributed by atoms with Crippen LogP contribution in [0.15, 0.2) is 24.3 Å². The molecule has 0 spiro atoms. The van der Waals surface area contributed by atoms with Crippen molar-refractivity contribution in [3.8, 4) is 0 Å². The van der Waals surface area contributed by atoms with Crippen molar-refractivity contribution >= 4 is 17.8 Å². The average molecular weight is 373 g/mol. The fourth-order valence-electron chi connectivity index (χ4n) is 3.87. The first kappa shape index (κ1) is 19.5. The van der Waals surface area contributed by atoms with Crippen molar-refractivity contribution in [2.45, 2.75) is 57.5 Å². The van der Waals surface area contributed by atoms with Crippen LogP contribution in [0.4, 0.5) is 0 Å². The molecule has 0 unspecified atom stereocenters. The zero-order chi connectivity index (χ0) is 19.4. The molecule has 0 bridgehead atoms. The number of amides is 2. The van der Waals surface area contributed by atoms with E-state index in [0.29, 0.717) is 5.92 Å². The molecule has 0 radical (unpaired) electrons. The SMILES string of the molecule is C[C@H](C(=O)OCCN1C(=O)CCC1=O)c1ccc(C[C@H]2CCC[C@@H]2O)cc1. The van der Waals surface area contributed by atoms with Crippen LogP contribution in [0.3, 0.4) is 0 Å². The van der Waals surface area contributed by atoms with Gasteiger partial charge in [0.1, 0.15) is 6.61 Å². The van der Waals surface area contributed by atoms with E-state index in [-0.39, 0.29) is 49.9 Å². The van der Waals surface area contributed by atoms with Gasteiger partial charge >= 0.3 is 5.97 Å². The number of aliphatic hydroxyl groups excluding tert-OH is 1. The molecule has 1 saturated heterocycles. The number of nitrogens with zero attached hydrogens (tertiary/aromatic N) is 1. The molecule has 1 N–H and O–H groups in total. The summed E-state index contributed by atoms with van der Waals surface area (Å²) in [6.45, 7) is 1.93. The molecule has 1 aliphatic heterocycles. The first-order chi connectivity index (χ1) is 13.0. The van der Waals surface area contributed by atoms with Gasteiger partial charge in [0.25, 0.3) is 0 Å². The van der Waals surface area contributed by atoms with E-state index < -0.39 is 5.92 Å². The van der Waals surface area contributed by atoms with Gasteiger partial charge in [-0.15, -0.1) is 0 Å². The molecule has 6 nitrogen and oxygen atoms in total. The zero-order valence-electron chi connectivity index (χ0n) is 15.7. The van der Waals surface area contributed by atoms with Crippen molar-refractivity contribution < 1.29 is 24.2 Å². The Morgan fingerprint density at radius 2 is 1.85 bits per heavy atom. The fourth-order valence-corrected chi connectivity index (χ4v) is 3.87. The number of aliphatic hydroxyl groups is 1.